The lowest BCUT2D eigenvalue weighted by Crippen LogP contribution is -2.61. The highest BCUT2D eigenvalue weighted by molar-refractivity contribution is 7.88. The van der Waals surface area contributed by atoms with Crippen molar-refractivity contribution in [3.8, 4) is 5.75 Å². The Hall–Kier alpha value is -1.64. The lowest BCUT2D eigenvalue weighted by Gasteiger charge is -2.42. The first kappa shape index (κ1) is 22.6. The van der Waals surface area contributed by atoms with Crippen LogP contribution in [0.15, 0.2) is 24.3 Å². The average Bonchev–Trinajstić information content (AvgIpc) is 2.76. The number of para-hydroxylation sites is 1. The molecule has 31 heavy (non-hydrogen) atoms. The zero-order valence-corrected chi connectivity index (χ0v) is 19.3. The van der Waals surface area contributed by atoms with Gasteiger partial charge in [0.2, 0.25) is 10.0 Å². The van der Waals surface area contributed by atoms with E-state index in [2.05, 4.69) is 10.8 Å². The number of piperidine rings is 1. The van der Waals surface area contributed by atoms with Crippen LogP contribution in [-0.4, -0.2) is 62.9 Å². The summed E-state index contributed by atoms with van der Waals surface area (Å²) in [6.45, 7) is 2.89. The van der Waals surface area contributed by atoms with E-state index in [0.29, 0.717) is 31.9 Å². The van der Waals surface area contributed by atoms with Gasteiger partial charge in [0.1, 0.15) is 5.75 Å². The third kappa shape index (κ3) is 5.23. The van der Waals surface area contributed by atoms with E-state index < -0.39 is 16.1 Å². The summed E-state index contributed by atoms with van der Waals surface area (Å²) in [5.74, 6) is 1.12. The van der Waals surface area contributed by atoms with E-state index in [9.17, 15) is 13.2 Å². The highest BCUT2D eigenvalue weighted by Crippen LogP contribution is 2.39. The van der Waals surface area contributed by atoms with Crippen molar-refractivity contribution >= 4 is 15.9 Å². The number of rotatable bonds is 3. The molecule has 3 heterocycles. The van der Waals surface area contributed by atoms with Gasteiger partial charge in [0, 0.05) is 12.6 Å². The summed E-state index contributed by atoms with van der Waals surface area (Å²) in [6, 6.07) is 7.40. The largest absolute Gasteiger partial charge is 0.480 e. The number of benzene rings is 1. The summed E-state index contributed by atoms with van der Waals surface area (Å²) < 4.78 is 39.3. The van der Waals surface area contributed by atoms with Gasteiger partial charge in [-0.15, -0.1) is 0 Å². The summed E-state index contributed by atoms with van der Waals surface area (Å²) in [4.78, 5) is 15.4. The van der Waals surface area contributed by atoms with Crippen molar-refractivity contribution in [3.63, 3.8) is 0 Å². The summed E-state index contributed by atoms with van der Waals surface area (Å²) in [5.41, 5.74) is 1.18. The second kappa shape index (κ2) is 9.46. The molecular weight excluding hydrogens is 416 g/mol. The minimum atomic E-state index is -3.39. The Morgan fingerprint density at radius 2 is 1.87 bits per heavy atom. The quantitative estimate of drug-likeness (QED) is 0.766. The molecule has 1 N–H and O–H groups in total. The van der Waals surface area contributed by atoms with Crippen molar-refractivity contribution in [2.24, 2.45) is 0 Å². The number of fused-ring (bicyclic) bond motifs is 5. The van der Waals surface area contributed by atoms with Gasteiger partial charge in [-0.2, -0.15) is 0 Å². The number of hydrogen-bond acceptors (Lipinski definition) is 5. The van der Waals surface area contributed by atoms with Gasteiger partial charge >= 0.3 is 0 Å². The lowest BCUT2D eigenvalue weighted by molar-refractivity contribution is -0.146. The zero-order valence-electron chi connectivity index (χ0n) is 18.5. The predicted octanol–water partition coefficient (Wildman–Crippen LogP) is 2.81. The summed E-state index contributed by atoms with van der Waals surface area (Å²) in [5, 5.41) is 0. The van der Waals surface area contributed by atoms with Crippen LogP contribution >= 0.6 is 0 Å². The number of nitrogens with zero attached hydrogens (tertiary/aromatic N) is 1. The van der Waals surface area contributed by atoms with E-state index >= 15 is 0 Å². The maximum Gasteiger partial charge on any atom is 0.264 e. The fraction of sp³-hybridized carbons (Fsp3) is 0.696. The first-order valence-electron chi connectivity index (χ1n) is 11.5. The first-order chi connectivity index (χ1) is 14.9. The Kier molecular flexibility index (Phi) is 6.89. The Balaban J connectivity index is 1.68. The van der Waals surface area contributed by atoms with Gasteiger partial charge in [-0.3, -0.25) is 4.79 Å². The van der Waals surface area contributed by atoms with Gasteiger partial charge in [-0.25, -0.2) is 13.1 Å². The Bertz CT molecular complexity index is 882. The zero-order chi connectivity index (χ0) is 22.0. The molecule has 1 amide bonds. The molecule has 1 unspecified atom stereocenters. The first-order valence-corrected chi connectivity index (χ1v) is 13.4. The van der Waals surface area contributed by atoms with Crippen molar-refractivity contribution in [3.05, 3.63) is 29.8 Å². The lowest BCUT2D eigenvalue weighted by atomic mass is 9.82. The molecular formula is C23H34N2O5S. The van der Waals surface area contributed by atoms with Crippen LogP contribution in [0.1, 0.15) is 63.4 Å². The molecule has 1 aliphatic carbocycles. The summed E-state index contributed by atoms with van der Waals surface area (Å²) >= 11 is 0. The molecule has 3 atom stereocenters. The molecule has 1 saturated carbocycles. The maximum atomic E-state index is 13.6. The van der Waals surface area contributed by atoms with Gasteiger partial charge in [0.25, 0.3) is 5.91 Å². The van der Waals surface area contributed by atoms with Crippen LogP contribution < -0.4 is 9.46 Å². The third-order valence-corrected chi connectivity index (χ3v) is 7.61. The predicted molar refractivity (Wildman–Crippen MR) is 119 cm³/mol. The second-order valence-corrected chi connectivity index (χ2v) is 10.9. The van der Waals surface area contributed by atoms with Crippen LogP contribution in [-0.2, 0) is 19.6 Å². The smallest absolute Gasteiger partial charge is 0.264 e. The molecule has 172 valence electrons. The van der Waals surface area contributed by atoms with E-state index in [0.717, 1.165) is 37.9 Å². The number of carbonyl (C=O) groups is 1. The van der Waals surface area contributed by atoms with Crippen molar-refractivity contribution in [2.45, 2.75) is 82.1 Å². The molecule has 1 saturated heterocycles. The molecule has 0 radical (unpaired) electrons. The maximum absolute atomic E-state index is 13.6. The number of nitrogens with one attached hydrogen (secondary N) is 1. The molecule has 1 aromatic carbocycles. The molecule has 0 aromatic heterocycles. The van der Waals surface area contributed by atoms with Gasteiger partial charge in [-0.05, 0) is 62.5 Å². The Morgan fingerprint density at radius 3 is 2.58 bits per heavy atom. The molecule has 3 aliphatic heterocycles. The fourth-order valence-corrected chi connectivity index (χ4v) is 6.12. The second-order valence-electron chi connectivity index (χ2n) is 9.10. The molecule has 7 nitrogen and oxygen atoms in total. The SMILES string of the molecule is CCC1Oc2ccccc2C2CCC(CC2)OC[C@H]2[C@@H](NS(C)(=O)=O)CCCN2C1=O. The standard InChI is InChI=1S/C23H34N2O5S/c1-3-21-23(26)25-14-6-8-19(24-31(2,27)28)20(25)15-29-17-12-10-16(11-13-17)18-7-4-5-9-22(18)30-21/h4-5,7,9,16-17,19-21,24H,3,6,8,10-15H2,1-2H3/t16?,17?,19-,20-,21?/m0/s1. The molecule has 2 bridgehead atoms. The molecule has 2 fully saturated rings. The van der Waals surface area contributed by atoms with Crippen molar-refractivity contribution in [1.29, 1.82) is 0 Å². The van der Waals surface area contributed by atoms with Crippen molar-refractivity contribution in [1.82, 2.24) is 9.62 Å². The van der Waals surface area contributed by atoms with E-state index in [4.69, 9.17) is 9.47 Å². The molecule has 1 aromatic rings. The van der Waals surface area contributed by atoms with E-state index in [-0.39, 0.29) is 24.1 Å². The van der Waals surface area contributed by atoms with Crippen LogP contribution in [0, 0.1) is 0 Å². The molecule has 4 aliphatic rings. The van der Waals surface area contributed by atoms with E-state index in [1.165, 1.54) is 11.8 Å². The van der Waals surface area contributed by atoms with Crippen LogP contribution in [0.25, 0.3) is 0 Å². The number of ether oxygens (including phenoxy) is 2. The van der Waals surface area contributed by atoms with Crippen LogP contribution in [0.3, 0.4) is 0 Å². The Morgan fingerprint density at radius 1 is 1.13 bits per heavy atom. The fourth-order valence-electron chi connectivity index (χ4n) is 5.30. The minimum Gasteiger partial charge on any atom is -0.480 e. The number of hydrogen-bond donors (Lipinski definition) is 1. The van der Waals surface area contributed by atoms with Gasteiger partial charge in [-0.1, -0.05) is 25.1 Å². The van der Waals surface area contributed by atoms with Crippen LogP contribution in [0.4, 0.5) is 0 Å². The van der Waals surface area contributed by atoms with E-state index in [1.54, 1.807) is 4.90 Å². The number of sulfonamides is 1. The van der Waals surface area contributed by atoms with E-state index in [1.807, 2.05) is 25.1 Å². The van der Waals surface area contributed by atoms with Crippen molar-refractivity contribution < 1.29 is 22.7 Å². The highest BCUT2D eigenvalue weighted by Gasteiger charge is 2.40. The van der Waals surface area contributed by atoms with Gasteiger partial charge in [0.05, 0.1) is 25.0 Å². The van der Waals surface area contributed by atoms with Gasteiger partial charge in [0.15, 0.2) is 6.10 Å². The minimum absolute atomic E-state index is 0.0857. The topological polar surface area (TPSA) is 84.9 Å². The average molecular weight is 451 g/mol. The van der Waals surface area contributed by atoms with Gasteiger partial charge < -0.3 is 14.4 Å². The number of carbonyl (C=O) groups excluding carboxylic acids is 1. The van der Waals surface area contributed by atoms with Crippen LogP contribution in [0.5, 0.6) is 5.75 Å². The molecule has 8 heteroatoms. The summed E-state index contributed by atoms with van der Waals surface area (Å²) in [7, 11) is -3.39. The Labute approximate surface area is 185 Å². The number of amides is 1. The van der Waals surface area contributed by atoms with Crippen LogP contribution in [0.2, 0.25) is 0 Å². The molecule has 5 rings (SSSR count). The summed E-state index contributed by atoms with van der Waals surface area (Å²) in [6.07, 6.45) is 6.67. The monoisotopic (exact) mass is 450 g/mol. The normalized spacial score (nSPS) is 32.1. The van der Waals surface area contributed by atoms with Crippen molar-refractivity contribution in [2.75, 3.05) is 19.4 Å². The molecule has 0 spiro atoms. The highest BCUT2D eigenvalue weighted by atomic mass is 32.2. The third-order valence-electron chi connectivity index (χ3n) is 6.88.